The zero-order valence-corrected chi connectivity index (χ0v) is 13.6. The molecule has 1 aliphatic carbocycles. The molecule has 0 saturated heterocycles. The number of nitrogens with two attached hydrogens (primary N) is 1. The van der Waals surface area contributed by atoms with E-state index in [2.05, 4.69) is 36.7 Å². The maximum atomic E-state index is 14.2. The first-order valence-corrected chi connectivity index (χ1v) is 7.77. The first-order chi connectivity index (χ1) is 8.74. The van der Waals surface area contributed by atoms with Gasteiger partial charge in [0.1, 0.15) is 5.82 Å². The molecule has 0 atom stereocenters. The number of halogens is 2. The predicted octanol–water partition coefficient (Wildman–Crippen LogP) is 4.98. The molecule has 1 saturated carbocycles. The first kappa shape index (κ1) is 15.0. The third-order valence-electron chi connectivity index (χ3n) is 4.59. The van der Waals surface area contributed by atoms with Gasteiger partial charge in [0.05, 0.1) is 4.47 Å². The van der Waals surface area contributed by atoms with Crippen molar-refractivity contribution in [2.24, 2.45) is 17.1 Å². The van der Waals surface area contributed by atoms with Crippen molar-refractivity contribution in [1.29, 1.82) is 0 Å². The molecule has 0 aliphatic heterocycles. The van der Waals surface area contributed by atoms with Gasteiger partial charge in [-0.05, 0) is 59.0 Å². The maximum Gasteiger partial charge on any atom is 0.142 e. The van der Waals surface area contributed by atoms with Crippen LogP contribution in [0.1, 0.15) is 52.0 Å². The lowest BCUT2D eigenvalue weighted by molar-refractivity contribution is 0.132. The van der Waals surface area contributed by atoms with E-state index in [9.17, 15) is 4.39 Å². The Kier molecular flexibility index (Phi) is 4.08. The number of rotatable bonds is 1. The predicted molar refractivity (Wildman–Crippen MR) is 81.4 cm³/mol. The first-order valence-electron chi connectivity index (χ1n) is 6.97. The van der Waals surface area contributed by atoms with Crippen LogP contribution in [0.2, 0.25) is 0 Å². The molecule has 1 nitrogen and oxygen atoms in total. The summed E-state index contributed by atoms with van der Waals surface area (Å²) < 4.78 is 14.7. The van der Waals surface area contributed by atoms with E-state index in [1.807, 2.05) is 12.1 Å². The second-order valence-corrected chi connectivity index (χ2v) is 7.75. The summed E-state index contributed by atoms with van der Waals surface area (Å²) in [5, 5.41) is 0. The quantitative estimate of drug-likeness (QED) is 0.773. The van der Waals surface area contributed by atoms with Crippen LogP contribution >= 0.6 is 15.9 Å². The third kappa shape index (κ3) is 3.03. The molecule has 106 valence electrons. The molecule has 19 heavy (non-hydrogen) atoms. The summed E-state index contributed by atoms with van der Waals surface area (Å²) >= 11 is 3.25. The smallest absolute Gasteiger partial charge is 0.142 e. The van der Waals surface area contributed by atoms with Crippen LogP contribution in [0.15, 0.2) is 22.7 Å². The fourth-order valence-electron chi connectivity index (χ4n) is 3.16. The number of hydrogen-bond acceptors (Lipinski definition) is 1. The van der Waals surface area contributed by atoms with Gasteiger partial charge in [0.25, 0.3) is 0 Å². The fraction of sp³-hybridized carbons (Fsp3) is 0.625. The summed E-state index contributed by atoms with van der Waals surface area (Å²) in [6.45, 7) is 6.84. The Morgan fingerprint density at radius 1 is 1.26 bits per heavy atom. The average Bonchev–Trinajstić information content (AvgIpc) is 2.32. The summed E-state index contributed by atoms with van der Waals surface area (Å²) in [4.78, 5) is 0. The molecular weight excluding hydrogens is 305 g/mol. The van der Waals surface area contributed by atoms with Crippen molar-refractivity contribution in [2.75, 3.05) is 0 Å². The van der Waals surface area contributed by atoms with Gasteiger partial charge in [0, 0.05) is 11.1 Å². The van der Waals surface area contributed by atoms with Gasteiger partial charge in [0.2, 0.25) is 0 Å². The Morgan fingerprint density at radius 2 is 1.84 bits per heavy atom. The zero-order chi connectivity index (χ0) is 14.3. The second-order valence-electron chi connectivity index (χ2n) is 6.90. The summed E-state index contributed by atoms with van der Waals surface area (Å²) in [5.41, 5.74) is 6.97. The molecule has 1 aromatic rings. The van der Waals surface area contributed by atoms with Gasteiger partial charge in [-0.1, -0.05) is 32.9 Å². The van der Waals surface area contributed by atoms with Gasteiger partial charge in [0.15, 0.2) is 0 Å². The standard InChI is InChI=1S/C16H23BrFN/c1-15(2,3)11-7-9-16(19,10-8-11)12-5-4-6-13(17)14(12)18/h4-6,11H,7-10,19H2,1-3H3. The van der Waals surface area contributed by atoms with Crippen LogP contribution < -0.4 is 5.73 Å². The highest BCUT2D eigenvalue weighted by Crippen LogP contribution is 2.45. The molecule has 1 fully saturated rings. The normalized spacial score (nSPS) is 28.4. The van der Waals surface area contributed by atoms with Crippen molar-refractivity contribution in [3.05, 3.63) is 34.1 Å². The Labute approximate surface area is 123 Å². The van der Waals surface area contributed by atoms with E-state index >= 15 is 0 Å². The fourth-order valence-corrected chi connectivity index (χ4v) is 3.52. The molecule has 1 aliphatic rings. The van der Waals surface area contributed by atoms with Crippen LogP contribution in [0.4, 0.5) is 4.39 Å². The number of hydrogen-bond donors (Lipinski definition) is 1. The molecule has 0 spiro atoms. The molecule has 0 radical (unpaired) electrons. The SMILES string of the molecule is CC(C)(C)C1CCC(N)(c2cccc(Br)c2F)CC1. The summed E-state index contributed by atoms with van der Waals surface area (Å²) in [6, 6.07) is 5.42. The Balaban J connectivity index is 2.21. The minimum atomic E-state index is -0.504. The second kappa shape index (κ2) is 5.17. The van der Waals surface area contributed by atoms with Crippen LogP contribution in [0.25, 0.3) is 0 Å². The molecule has 0 aromatic heterocycles. The van der Waals surface area contributed by atoms with Gasteiger partial charge < -0.3 is 5.73 Å². The molecule has 2 rings (SSSR count). The van der Waals surface area contributed by atoms with Crippen LogP contribution in [-0.2, 0) is 5.54 Å². The van der Waals surface area contributed by atoms with Crippen LogP contribution in [0.5, 0.6) is 0 Å². The highest BCUT2D eigenvalue weighted by molar-refractivity contribution is 9.10. The Morgan fingerprint density at radius 3 is 2.37 bits per heavy atom. The van der Waals surface area contributed by atoms with Crippen molar-refractivity contribution in [2.45, 2.75) is 52.0 Å². The van der Waals surface area contributed by atoms with E-state index in [1.54, 1.807) is 6.07 Å². The van der Waals surface area contributed by atoms with Crippen molar-refractivity contribution in [3.63, 3.8) is 0 Å². The molecule has 1 aromatic carbocycles. The van der Waals surface area contributed by atoms with Crippen molar-refractivity contribution in [3.8, 4) is 0 Å². The Hall–Kier alpha value is -0.410. The van der Waals surface area contributed by atoms with E-state index in [1.165, 1.54) is 0 Å². The highest BCUT2D eigenvalue weighted by atomic mass is 79.9. The molecular formula is C16H23BrFN. The van der Waals surface area contributed by atoms with E-state index in [-0.39, 0.29) is 5.82 Å². The summed E-state index contributed by atoms with van der Waals surface area (Å²) in [6.07, 6.45) is 3.88. The van der Waals surface area contributed by atoms with Crippen molar-refractivity contribution < 1.29 is 4.39 Å². The van der Waals surface area contributed by atoms with Crippen LogP contribution in [-0.4, -0.2) is 0 Å². The van der Waals surface area contributed by atoms with Gasteiger partial charge >= 0.3 is 0 Å². The van der Waals surface area contributed by atoms with E-state index < -0.39 is 5.54 Å². The van der Waals surface area contributed by atoms with E-state index in [0.717, 1.165) is 25.7 Å². The minimum Gasteiger partial charge on any atom is -0.321 e. The minimum absolute atomic E-state index is 0.195. The molecule has 0 heterocycles. The van der Waals surface area contributed by atoms with Gasteiger partial charge in [-0.3, -0.25) is 0 Å². The third-order valence-corrected chi connectivity index (χ3v) is 5.20. The molecule has 0 unspecified atom stereocenters. The lowest BCUT2D eigenvalue weighted by Crippen LogP contribution is -2.43. The lowest BCUT2D eigenvalue weighted by Gasteiger charge is -2.42. The van der Waals surface area contributed by atoms with Crippen molar-refractivity contribution >= 4 is 15.9 Å². The summed E-state index contributed by atoms with van der Waals surface area (Å²) in [7, 11) is 0. The highest BCUT2D eigenvalue weighted by Gasteiger charge is 2.38. The van der Waals surface area contributed by atoms with Crippen LogP contribution in [0.3, 0.4) is 0 Å². The van der Waals surface area contributed by atoms with Crippen molar-refractivity contribution in [1.82, 2.24) is 0 Å². The molecule has 0 bridgehead atoms. The zero-order valence-electron chi connectivity index (χ0n) is 12.0. The maximum absolute atomic E-state index is 14.2. The van der Waals surface area contributed by atoms with Gasteiger partial charge in [-0.15, -0.1) is 0 Å². The summed E-state index contributed by atoms with van der Waals surface area (Å²) in [5.74, 6) is 0.485. The Bertz CT molecular complexity index is 456. The van der Waals surface area contributed by atoms with Gasteiger partial charge in [-0.25, -0.2) is 4.39 Å². The van der Waals surface area contributed by atoms with Gasteiger partial charge in [-0.2, -0.15) is 0 Å². The molecule has 2 N–H and O–H groups in total. The van der Waals surface area contributed by atoms with Crippen LogP contribution in [0, 0.1) is 17.2 Å². The monoisotopic (exact) mass is 327 g/mol. The average molecular weight is 328 g/mol. The topological polar surface area (TPSA) is 26.0 Å². The van der Waals surface area contributed by atoms with E-state index in [4.69, 9.17) is 5.73 Å². The molecule has 0 amide bonds. The lowest BCUT2D eigenvalue weighted by atomic mass is 9.66. The van der Waals surface area contributed by atoms with E-state index in [0.29, 0.717) is 21.4 Å². The molecule has 3 heteroatoms. The largest absolute Gasteiger partial charge is 0.321 e. The number of benzene rings is 1.